The fourth-order valence-corrected chi connectivity index (χ4v) is 3.28. The van der Waals surface area contributed by atoms with Crippen LogP contribution in [-0.4, -0.2) is 35.2 Å². The Morgan fingerprint density at radius 2 is 1.90 bits per heavy atom. The Morgan fingerprint density at radius 1 is 1.10 bits per heavy atom. The van der Waals surface area contributed by atoms with Gasteiger partial charge in [0.2, 0.25) is 5.91 Å². The molecule has 0 spiro atoms. The van der Waals surface area contributed by atoms with E-state index in [1.54, 1.807) is 19.3 Å². The van der Waals surface area contributed by atoms with Crippen molar-refractivity contribution in [3.8, 4) is 0 Å². The SMILES string of the molecule is CN=C(NCCC(=O)Nc1cccc(Cl)c1C)NCc1ccccc1Cn1cccn1. The summed E-state index contributed by atoms with van der Waals surface area (Å²) in [7, 11) is 1.71. The number of nitrogens with zero attached hydrogens (tertiary/aromatic N) is 3. The van der Waals surface area contributed by atoms with Crippen molar-refractivity contribution in [2.75, 3.05) is 18.9 Å². The number of guanidine groups is 1. The van der Waals surface area contributed by atoms with E-state index < -0.39 is 0 Å². The number of hydrogen-bond acceptors (Lipinski definition) is 3. The Labute approximate surface area is 187 Å². The number of aromatic nitrogens is 2. The van der Waals surface area contributed by atoms with Crippen molar-refractivity contribution in [1.82, 2.24) is 20.4 Å². The fraction of sp³-hybridized carbons (Fsp3) is 0.261. The van der Waals surface area contributed by atoms with Gasteiger partial charge in [-0.1, -0.05) is 41.9 Å². The number of amides is 1. The molecule has 1 aromatic heterocycles. The molecule has 3 aromatic rings. The summed E-state index contributed by atoms with van der Waals surface area (Å²) in [6.45, 7) is 3.66. The molecule has 162 valence electrons. The maximum atomic E-state index is 12.3. The Bertz CT molecular complexity index is 1030. The smallest absolute Gasteiger partial charge is 0.226 e. The van der Waals surface area contributed by atoms with Gasteiger partial charge in [0.1, 0.15) is 0 Å². The van der Waals surface area contributed by atoms with Gasteiger partial charge in [-0.15, -0.1) is 0 Å². The molecule has 8 heteroatoms. The van der Waals surface area contributed by atoms with Gasteiger partial charge < -0.3 is 16.0 Å². The van der Waals surface area contributed by atoms with E-state index in [0.29, 0.717) is 37.0 Å². The Kier molecular flexibility index (Phi) is 8.06. The highest BCUT2D eigenvalue weighted by atomic mass is 35.5. The molecule has 0 aliphatic carbocycles. The molecule has 0 fully saturated rings. The van der Waals surface area contributed by atoms with E-state index in [0.717, 1.165) is 16.8 Å². The van der Waals surface area contributed by atoms with E-state index in [9.17, 15) is 4.79 Å². The van der Waals surface area contributed by atoms with E-state index in [-0.39, 0.29) is 5.91 Å². The minimum atomic E-state index is -0.0853. The van der Waals surface area contributed by atoms with E-state index in [2.05, 4.69) is 38.2 Å². The van der Waals surface area contributed by atoms with Crippen molar-refractivity contribution in [1.29, 1.82) is 0 Å². The second kappa shape index (κ2) is 11.2. The van der Waals surface area contributed by atoms with Crippen LogP contribution < -0.4 is 16.0 Å². The molecule has 31 heavy (non-hydrogen) atoms. The van der Waals surface area contributed by atoms with Crippen LogP contribution in [0.15, 0.2) is 65.9 Å². The summed E-state index contributed by atoms with van der Waals surface area (Å²) in [5, 5.41) is 14.3. The standard InChI is InChI=1S/C23H27ClN6O/c1-17-20(24)9-5-10-21(17)29-22(31)11-13-26-23(25-2)27-15-18-7-3-4-8-19(18)16-30-14-6-12-28-30/h3-10,12,14H,11,13,15-16H2,1-2H3,(H,29,31)(H2,25,26,27). The number of hydrogen-bond donors (Lipinski definition) is 3. The topological polar surface area (TPSA) is 83.3 Å². The number of rotatable bonds is 8. The lowest BCUT2D eigenvalue weighted by Crippen LogP contribution is -2.38. The first-order valence-corrected chi connectivity index (χ1v) is 10.5. The van der Waals surface area contributed by atoms with Crippen LogP contribution in [0.4, 0.5) is 5.69 Å². The molecule has 3 rings (SSSR count). The highest BCUT2D eigenvalue weighted by molar-refractivity contribution is 6.31. The Hall–Kier alpha value is -3.32. The van der Waals surface area contributed by atoms with Crippen molar-refractivity contribution >= 4 is 29.2 Å². The third kappa shape index (κ3) is 6.58. The van der Waals surface area contributed by atoms with Crippen LogP contribution in [0.2, 0.25) is 5.02 Å². The molecule has 1 amide bonds. The molecule has 0 saturated carbocycles. The summed E-state index contributed by atoms with van der Waals surface area (Å²) in [4.78, 5) is 16.5. The molecule has 0 unspecified atom stereocenters. The van der Waals surface area contributed by atoms with Gasteiger partial charge in [0.05, 0.1) is 6.54 Å². The molecule has 0 bridgehead atoms. The third-order valence-electron chi connectivity index (χ3n) is 4.87. The fourth-order valence-electron chi connectivity index (χ4n) is 3.10. The van der Waals surface area contributed by atoms with Gasteiger partial charge in [-0.2, -0.15) is 5.10 Å². The van der Waals surface area contributed by atoms with Crippen molar-refractivity contribution in [3.05, 3.63) is 82.6 Å². The normalized spacial score (nSPS) is 11.3. The van der Waals surface area contributed by atoms with Gasteiger partial charge in [0.15, 0.2) is 5.96 Å². The molecule has 1 heterocycles. The van der Waals surface area contributed by atoms with E-state index in [1.165, 1.54) is 5.56 Å². The summed E-state index contributed by atoms with van der Waals surface area (Å²) in [6.07, 6.45) is 4.03. The van der Waals surface area contributed by atoms with Gasteiger partial charge in [-0.25, -0.2) is 0 Å². The zero-order valence-corrected chi connectivity index (χ0v) is 18.5. The average Bonchev–Trinajstić information content (AvgIpc) is 3.28. The van der Waals surface area contributed by atoms with Crippen LogP contribution in [0.5, 0.6) is 0 Å². The second-order valence-electron chi connectivity index (χ2n) is 7.04. The molecule has 0 atom stereocenters. The maximum absolute atomic E-state index is 12.3. The first kappa shape index (κ1) is 22.4. The van der Waals surface area contributed by atoms with Crippen LogP contribution >= 0.6 is 11.6 Å². The van der Waals surface area contributed by atoms with E-state index >= 15 is 0 Å². The van der Waals surface area contributed by atoms with Gasteiger partial charge in [-0.05, 0) is 41.8 Å². The van der Waals surface area contributed by atoms with Crippen molar-refractivity contribution < 1.29 is 4.79 Å². The predicted molar refractivity (Wildman–Crippen MR) is 125 cm³/mol. The molecule has 0 aliphatic rings. The van der Waals surface area contributed by atoms with Crippen molar-refractivity contribution in [2.24, 2.45) is 4.99 Å². The monoisotopic (exact) mass is 438 g/mol. The molecule has 7 nitrogen and oxygen atoms in total. The number of nitrogens with one attached hydrogen (secondary N) is 3. The van der Waals surface area contributed by atoms with Crippen LogP contribution in [0.3, 0.4) is 0 Å². The van der Waals surface area contributed by atoms with Gasteiger partial charge in [-0.3, -0.25) is 14.5 Å². The van der Waals surface area contributed by atoms with Crippen LogP contribution in [0, 0.1) is 6.92 Å². The first-order chi connectivity index (χ1) is 15.1. The van der Waals surface area contributed by atoms with Crippen molar-refractivity contribution in [3.63, 3.8) is 0 Å². The highest BCUT2D eigenvalue weighted by Crippen LogP contribution is 2.22. The molecular formula is C23H27ClN6O. The number of carbonyl (C=O) groups excluding carboxylic acids is 1. The van der Waals surface area contributed by atoms with E-state index in [4.69, 9.17) is 11.6 Å². The number of carbonyl (C=O) groups is 1. The van der Waals surface area contributed by atoms with Crippen LogP contribution in [-0.2, 0) is 17.9 Å². The third-order valence-corrected chi connectivity index (χ3v) is 5.28. The molecule has 0 saturated heterocycles. The summed E-state index contributed by atoms with van der Waals surface area (Å²) in [5.74, 6) is 0.554. The Morgan fingerprint density at radius 3 is 2.65 bits per heavy atom. The molecule has 0 radical (unpaired) electrons. The van der Waals surface area contributed by atoms with Crippen LogP contribution in [0.1, 0.15) is 23.1 Å². The quantitative estimate of drug-likeness (QED) is 0.370. The number of anilines is 1. The minimum absolute atomic E-state index is 0.0853. The van der Waals surface area contributed by atoms with Crippen molar-refractivity contribution in [2.45, 2.75) is 26.4 Å². The lowest BCUT2D eigenvalue weighted by atomic mass is 10.1. The molecule has 3 N–H and O–H groups in total. The van der Waals surface area contributed by atoms with Crippen LogP contribution in [0.25, 0.3) is 0 Å². The molecular weight excluding hydrogens is 412 g/mol. The zero-order valence-electron chi connectivity index (χ0n) is 17.7. The first-order valence-electron chi connectivity index (χ1n) is 10.1. The maximum Gasteiger partial charge on any atom is 0.226 e. The second-order valence-corrected chi connectivity index (χ2v) is 7.44. The van der Waals surface area contributed by atoms with Gasteiger partial charge >= 0.3 is 0 Å². The number of aliphatic imine (C=N–C) groups is 1. The zero-order chi connectivity index (χ0) is 22.1. The minimum Gasteiger partial charge on any atom is -0.356 e. The lowest BCUT2D eigenvalue weighted by Gasteiger charge is -2.15. The highest BCUT2D eigenvalue weighted by Gasteiger charge is 2.08. The summed E-state index contributed by atoms with van der Waals surface area (Å²) in [6, 6.07) is 15.6. The summed E-state index contributed by atoms with van der Waals surface area (Å²) < 4.78 is 1.89. The molecule has 0 aliphatic heterocycles. The van der Waals surface area contributed by atoms with Gasteiger partial charge in [0, 0.05) is 49.7 Å². The Balaban J connectivity index is 1.47. The summed E-state index contributed by atoms with van der Waals surface area (Å²) >= 11 is 6.11. The molecule has 2 aromatic carbocycles. The average molecular weight is 439 g/mol. The largest absolute Gasteiger partial charge is 0.356 e. The number of halogens is 1. The lowest BCUT2D eigenvalue weighted by molar-refractivity contribution is -0.116. The number of benzene rings is 2. The summed E-state index contributed by atoms with van der Waals surface area (Å²) in [5.41, 5.74) is 3.94. The van der Waals surface area contributed by atoms with Gasteiger partial charge in [0.25, 0.3) is 0 Å². The predicted octanol–water partition coefficient (Wildman–Crippen LogP) is 3.59. The van der Waals surface area contributed by atoms with E-state index in [1.807, 2.05) is 48.1 Å².